The third-order valence-electron chi connectivity index (χ3n) is 5.47. The molecule has 1 N–H and O–H groups in total. The van der Waals surface area contributed by atoms with Crippen LogP contribution in [0.4, 0.5) is 10.1 Å². The number of anilines is 1. The van der Waals surface area contributed by atoms with Crippen LogP contribution in [0.1, 0.15) is 6.92 Å². The molecule has 154 valence electrons. The van der Waals surface area contributed by atoms with Gasteiger partial charge in [0.25, 0.3) is 5.56 Å². The Labute approximate surface area is 176 Å². The Morgan fingerprint density at radius 3 is 2.65 bits per heavy atom. The van der Waals surface area contributed by atoms with E-state index in [4.69, 9.17) is 0 Å². The van der Waals surface area contributed by atoms with Crippen molar-refractivity contribution in [2.45, 2.75) is 20.0 Å². The lowest BCUT2D eigenvalue weighted by molar-refractivity contribution is -0.116. The molecule has 0 atom stereocenters. The van der Waals surface area contributed by atoms with Crippen LogP contribution < -0.4 is 10.9 Å². The number of para-hydroxylation sites is 1. The molecule has 0 aliphatic heterocycles. The number of rotatable bonds is 4. The van der Waals surface area contributed by atoms with E-state index in [1.807, 2.05) is 30.3 Å². The van der Waals surface area contributed by atoms with E-state index in [2.05, 4.69) is 33.9 Å². The molecule has 0 saturated heterocycles. The van der Waals surface area contributed by atoms with Gasteiger partial charge >= 0.3 is 0 Å². The third kappa shape index (κ3) is 3.24. The number of fused-ring (bicyclic) bond motifs is 4. The molecule has 0 radical (unpaired) electrons. The van der Waals surface area contributed by atoms with E-state index < -0.39 is 11.4 Å². The average molecular weight is 414 g/mol. The summed E-state index contributed by atoms with van der Waals surface area (Å²) in [5.41, 5.74) is 2.81. The molecule has 6 nitrogen and oxygen atoms in total. The number of aromatic nitrogens is 3. The SMILES string of the molecule is CCn1c2ccccc2c2cc(NC(=O)Cn3cnc4ccc(F)cc4c3=O)ccc21. The van der Waals surface area contributed by atoms with Crippen molar-refractivity contribution in [3.05, 3.63) is 83.2 Å². The molecule has 2 aromatic heterocycles. The smallest absolute Gasteiger partial charge is 0.261 e. The van der Waals surface area contributed by atoms with Crippen LogP contribution in [0.5, 0.6) is 0 Å². The van der Waals surface area contributed by atoms with Crippen LogP contribution >= 0.6 is 0 Å². The number of benzene rings is 3. The van der Waals surface area contributed by atoms with E-state index in [1.165, 1.54) is 23.0 Å². The van der Waals surface area contributed by atoms with Gasteiger partial charge in [-0.1, -0.05) is 18.2 Å². The van der Waals surface area contributed by atoms with E-state index in [0.717, 1.165) is 34.4 Å². The van der Waals surface area contributed by atoms with E-state index in [9.17, 15) is 14.0 Å². The molecule has 7 heteroatoms. The Bertz CT molecular complexity index is 1530. The van der Waals surface area contributed by atoms with Crippen LogP contribution in [0.2, 0.25) is 0 Å². The first-order chi connectivity index (χ1) is 15.0. The highest BCUT2D eigenvalue weighted by molar-refractivity contribution is 6.09. The van der Waals surface area contributed by atoms with Crippen molar-refractivity contribution in [3.8, 4) is 0 Å². The number of carbonyl (C=O) groups excluding carboxylic acids is 1. The van der Waals surface area contributed by atoms with E-state index in [1.54, 1.807) is 0 Å². The minimum absolute atomic E-state index is 0.143. The Kier molecular flexibility index (Phi) is 4.51. The molecule has 1 amide bonds. The first-order valence-electron chi connectivity index (χ1n) is 10.0. The maximum atomic E-state index is 13.5. The van der Waals surface area contributed by atoms with Gasteiger partial charge in [-0.3, -0.25) is 14.2 Å². The van der Waals surface area contributed by atoms with Crippen LogP contribution in [0.3, 0.4) is 0 Å². The predicted octanol–water partition coefficient (Wildman–Crippen LogP) is 4.30. The third-order valence-corrected chi connectivity index (χ3v) is 5.47. The summed E-state index contributed by atoms with van der Waals surface area (Å²) in [6.07, 6.45) is 1.31. The summed E-state index contributed by atoms with van der Waals surface area (Å²) in [5, 5.41) is 5.16. The summed E-state index contributed by atoms with van der Waals surface area (Å²) in [7, 11) is 0. The largest absolute Gasteiger partial charge is 0.341 e. The maximum absolute atomic E-state index is 13.5. The van der Waals surface area contributed by atoms with Gasteiger partial charge in [-0.25, -0.2) is 9.37 Å². The number of carbonyl (C=O) groups is 1. The molecule has 0 bridgehead atoms. The first-order valence-corrected chi connectivity index (χ1v) is 10.0. The fourth-order valence-corrected chi connectivity index (χ4v) is 4.07. The lowest BCUT2D eigenvalue weighted by Crippen LogP contribution is -2.28. The molecule has 3 aromatic carbocycles. The van der Waals surface area contributed by atoms with Gasteiger partial charge in [-0.15, -0.1) is 0 Å². The molecule has 2 heterocycles. The second-order valence-corrected chi connectivity index (χ2v) is 7.38. The Morgan fingerprint density at radius 2 is 1.81 bits per heavy atom. The second-order valence-electron chi connectivity index (χ2n) is 7.38. The zero-order valence-corrected chi connectivity index (χ0v) is 16.8. The molecule has 0 saturated carbocycles. The van der Waals surface area contributed by atoms with Crippen molar-refractivity contribution in [1.29, 1.82) is 0 Å². The van der Waals surface area contributed by atoms with Crippen molar-refractivity contribution in [2.24, 2.45) is 0 Å². The van der Waals surface area contributed by atoms with Gasteiger partial charge in [0.1, 0.15) is 12.4 Å². The molecule has 31 heavy (non-hydrogen) atoms. The molecule has 0 spiro atoms. The summed E-state index contributed by atoms with van der Waals surface area (Å²) in [6.45, 7) is 2.73. The Balaban J connectivity index is 1.46. The van der Waals surface area contributed by atoms with Gasteiger partial charge in [-0.05, 0) is 49.4 Å². The summed E-state index contributed by atoms with van der Waals surface area (Å²) in [5.74, 6) is -0.883. The van der Waals surface area contributed by atoms with Gasteiger partial charge < -0.3 is 9.88 Å². The zero-order valence-electron chi connectivity index (χ0n) is 16.8. The lowest BCUT2D eigenvalue weighted by atomic mass is 10.1. The number of aryl methyl sites for hydroxylation is 1. The molecular weight excluding hydrogens is 395 g/mol. The quantitative estimate of drug-likeness (QED) is 0.477. The Morgan fingerprint density at radius 1 is 1.00 bits per heavy atom. The minimum Gasteiger partial charge on any atom is -0.341 e. The van der Waals surface area contributed by atoms with Gasteiger partial charge in [0.2, 0.25) is 5.91 Å². The van der Waals surface area contributed by atoms with E-state index >= 15 is 0 Å². The highest BCUT2D eigenvalue weighted by atomic mass is 19.1. The molecular formula is C24H19FN4O2. The molecule has 5 rings (SSSR count). The van der Waals surface area contributed by atoms with Crippen molar-refractivity contribution in [2.75, 3.05) is 5.32 Å². The summed E-state index contributed by atoms with van der Waals surface area (Å²) >= 11 is 0. The number of hydrogen-bond donors (Lipinski definition) is 1. The fraction of sp³-hybridized carbons (Fsp3) is 0.125. The van der Waals surface area contributed by atoms with Crippen LogP contribution in [0.25, 0.3) is 32.7 Å². The standard InChI is InChI=1S/C24H19FN4O2/c1-2-29-21-6-4-3-5-17(21)18-12-16(8-10-22(18)29)27-23(30)13-28-14-26-20-9-7-15(25)11-19(20)24(28)31/h3-12,14H,2,13H2,1H3,(H,27,30). The van der Waals surface area contributed by atoms with Crippen LogP contribution in [0.15, 0.2) is 71.8 Å². The highest BCUT2D eigenvalue weighted by Gasteiger charge is 2.12. The number of nitrogens with one attached hydrogen (secondary N) is 1. The van der Waals surface area contributed by atoms with Gasteiger partial charge in [0, 0.05) is 34.0 Å². The predicted molar refractivity (Wildman–Crippen MR) is 120 cm³/mol. The molecule has 5 aromatic rings. The maximum Gasteiger partial charge on any atom is 0.261 e. The average Bonchev–Trinajstić information content (AvgIpc) is 3.09. The van der Waals surface area contributed by atoms with Gasteiger partial charge in [0.05, 0.1) is 17.2 Å². The monoisotopic (exact) mass is 414 g/mol. The summed E-state index contributed by atoms with van der Waals surface area (Å²) < 4.78 is 16.9. The number of nitrogens with zero attached hydrogens (tertiary/aromatic N) is 3. The fourth-order valence-electron chi connectivity index (χ4n) is 4.07. The summed E-state index contributed by atoms with van der Waals surface area (Å²) in [6, 6.07) is 17.8. The van der Waals surface area contributed by atoms with Crippen LogP contribution in [-0.2, 0) is 17.9 Å². The van der Waals surface area contributed by atoms with Crippen molar-refractivity contribution >= 4 is 44.3 Å². The van der Waals surface area contributed by atoms with Gasteiger partial charge in [0.15, 0.2) is 0 Å². The number of amides is 1. The van der Waals surface area contributed by atoms with Crippen LogP contribution in [-0.4, -0.2) is 20.0 Å². The number of halogens is 1. The highest BCUT2D eigenvalue weighted by Crippen LogP contribution is 2.30. The molecule has 0 aliphatic rings. The van der Waals surface area contributed by atoms with Gasteiger partial charge in [-0.2, -0.15) is 0 Å². The van der Waals surface area contributed by atoms with Crippen molar-refractivity contribution < 1.29 is 9.18 Å². The van der Waals surface area contributed by atoms with E-state index in [0.29, 0.717) is 11.2 Å². The topological polar surface area (TPSA) is 68.9 Å². The normalized spacial score (nSPS) is 11.4. The second kappa shape index (κ2) is 7.36. The van der Waals surface area contributed by atoms with Crippen molar-refractivity contribution in [1.82, 2.24) is 14.1 Å². The Hall–Kier alpha value is -4.00. The molecule has 0 aliphatic carbocycles. The molecule has 0 unspecified atom stereocenters. The van der Waals surface area contributed by atoms with E-state index in [-0.39, 0.29) is 17.8 Å². The van der Waals surface area contributed by atoms with Crippen LogP contribution in [0, 0.1) is 5.82 Å². The summed E-state index contributed by atoms with van der Waals surface area (Å²) in [4.78, 5) is 29.4. The zero-order chi connectivity index (χ0) is 21.5. The minimum atomic E-state index is -0.520. The molecule has 0 fully saturated rings. The van der Waals surface area contributed by atoms with Crippen molar-refractivity contribution in [3.63, 3.8) is 0 Å². The first kappa shape index (κ1) is 19.0. The lowest BCUT2D eigenvalue weighted by Gasteiger charge is -2.09. The number of hydrogen-bond acceptors (Lipinski definition) is 3.